The molecule has 6 heteroatoms. The lowest BCUT2D eigenvalue weighted by Crippen LogP contribution is -2.30. The van der Waals surface area contributed by atoms with Crippen LogP contribution in [-0.2, 0) is 28.6 Å². The van der Waals surface area contributed by atoms with Gasteiger partial charge in [0.15, 0.2) is 6.10 Å². The zero-order chi connectivity index (χ0) is 35.2. The summed E-state index contributed by atoms with van der Waals surface area (Å²) in [5.41, 5.74) is 0. The molecule has 0 saturated carbocycles. The Labute approximate surface area is 295 Å². The van der Waals surface area contributed by atoms with Gasteiger partial charge in [-0.1, -0.05) is 146 Å². The molecule has 0 fully saturated rings. The summed E-state index contributed by atoms with van der Waals surface area (Å²) in [6, 6.07) is 0. The fourth-order valence-corrected chi connectivity index (χ4v) is 5.10. The van der Waals surface area contributed by atoms with Crippen molar-refractivity contribution >= 4 is 17.9 Å². The molecule has 1 unspecified atom stereocenters. The maximum Gasteiger partial charge on any atom is 0.306 e. The van der Waals surface area contributed by atoms with E-state index in [9.17, 15) is 14.4 Å². The minimum Gasteiger partial charge on any atom is -0.462 e. The Hall–Kier alpha value is -2.63. The molecule has 0 saturated heterocycles. The number of allylic oxidation sites excluding steroid dienone is 8. The van der Waals surface area contributed by atoms with Crippen LogP contribution in [0.2, 0.25) is 0 Å². The normalized spacial score (nSPS) is 12.5. The van der Waals surface area contributed by atoms with Gasteiger partial charge in [0.05, 0.1) is 0 Å². The van der Waals surface area contributed by atoms with Crippen LogP contribution < -0.4 is 0 Å². The molecule has 0 aromatic heterocycles. The molecule has 0 amide bonds. The molecule has 0 radical (unpaired) electrons. The topological polar surface area (TPSA) is 78.9 Å². The molecule has 0 rings (SSSR count). The Morgan fingerprint density at radius 3 is 1.48 bits per heavy atom. The Morgan fingerprint density at radius 1 is 0.458 bits per heavy atom. The summed E-state index contributed by atoms with van der Waals surface area (Å²) in [6.07, 6.45) is 41.1. The highest BCUT2D eigenvalue weighted by molar-refractivity contribution is 5.71. The van der Waals surface area contributed by atoms with E-state index in [-0.39, 0.29) is 31.1 Å². The molecule has 0 aliphatic rings. The molecule has 0 aromatic carbocycles. The Kier molecular flexibility index (Phi) is 35.2. The van der Waals surface area contributed by atoms with E-state index in [0.29, 0.717) is 19.3 Å². The molecule has 0 bridgehead atoms. The van der Waals surface area contributed by atoms with Crippen LogP contribution in [0.4, 0.5) is 0 Å². The predicted octanol–water partition coefficient (Wildman–Crippen LogP) is 12.0. The van der Waals surface area contributed by atoms with Gasteiger partial charge in [-0.25, -0.2) is 0 Å². The number of hydrogen-bond donors (Lipinski definition) is 0. The average Bonchev–Trinajstić information content (AvgIpc) is 3.08. The smallest absolute Gasteiger partial charge is 0.306 e. The third-order valence-corrected chi connectivity index (χ3v) is 8.10. The SMILES string of the molecule is CC/C=C\C/C=C\CCCCC(=O)OCC(COC(=O)CCCCC/C=C\C=C/CCCC)OC(=O)CCCCCCCCCCCC. The second-order valence-electron chi connectivity index (χ2n) is 12.8. The number of esters is 3. The van der Waals surface area contributed by atoms with Crippen molar-refractivity contribution in [3.05, 3.63) is 48.6 Å². The highest BCUT2D eigenvalue weighted by Crippen LogP contribution is 2.13. The standard InChI is InChI=1S/C42H72O6/c1-4-7-10-13-16-19-21-24-26-29-32-35-41(44)47-38-39(37-46-40(43)34-31-28-25-22-18-15-12-9-6-3)48-42(45)36-33-30-27-23-20-17-14-11-8-5-2/h9,12-13,16,18-19,21-22,39H,4-8,10-11,14-15,17,20,23-38H2,1-3H3/b12-9-,16-13-,21-19-,22-18-. The van der Waals surface area contributed by atoms with E-state index in [1.807, 2.05) is 0 Å². The van der Waals surface area contributed by atoms with Crippen molar-refractivity contribution in [1.29, 1.82) is 0 Å². The van der Waals surface area contributed by atoms with Crippen molar-refractivity contribution in [2.45, 2.75) is 187 Å². The zero-order valence-electron chi connectivity index (χ0n) is 31.2. The summed E-state index contributed by atoms with van der Waals surface area (Å²) < 4.78 is 16.5. The fourth-order valence-electron chi connectivity index (χ4n) is 5.10. The van der Waals surface area contributed by atoms with E-state index < -0.39 is 6.10 Å². The Morgan fingerprint density at radius 2 is 0.896 bits per heavy atom. The van der Waals surface area contributed by atoms with E-state index in [4.69, 9.17) is 14.2 Å². The molecule has 0 spiro atoms. The number of ether oxygens (including phenoxy) is 3. The van der Waals surface area contributed by atoms with Gasteiger partial charge in [0.25, 0.3) is 0 Å². The molecule has 0 aromatic rings. The van der Waals surface area contributed by atoms with E-state index in [0.717, 1.165) is 83.5 Å². The van der Waals surface area contributed by atoms with Crippen molar-refractivity contribution < 1.29 is 28.6 Å². The van der Waals surface area contributed by atoms with Crippen LogP contribution in [0.1, 0.15) is 181 Å². The van der Waals surface area contributed by atoms with Crippen LogP contribution in [-0.4, -0.2) is 37.2 Å². The molecular formula is C42H72O6. The van der Waals surface area contributed by atoms with Gasteiger partial charge >= 0.3 is 17.9 Å². The Bertz CT molecular complexity index is 871. The highest BCUT2D eigenvalue weighted by Gasteiger charge is 2.19. The van der Waals surface area contributed by atoms with Gasteiger partial charge in [0.2, 0.25) is 0 Å². The first-order chi connectivity index (χ1) is 23.5. The van der Waals surface area contributed by atoms with Crippen molar-refractivity contribution in [3.8, 4) is 0 Å². The fraction of sp³-hybridized carbons (Fsp3) is 0.738. The number of unbranched alkanes of at least 4 members (excludes halogenated alkanes) is 16. The first-order valence-corrected chi connectivity index (χ1v) is 19.7. The van der Waals surface area contributed by atoms with Crippen LogP contribution in [0.3, 0.4) is 0 Å². The summed E-state index contributed by atoms with van der Waals surface area (Å²) in [5, 5.41) is 0. The van der Waals surface area contributed by atoms with Crippen LogP contribution in [0, 0.1) is 0 Å². The summed E-state index contributed by atoms with van der Waals surface area (Å²) in [5.74, 6) is -0.970. The summed E-state index contributed by atoms with van der Waals surface area (Å²) in [6.45, 7) is 6.36. The lowest BCUT2D eigenvalue weighted by Gasteiger charge is -2.18. The first-order valence-electron chi connectivity index (χ1n) is 19.7. The summed E-state index contributed by atoms with van der Waals surface area (Å²) >= 11 is 0. The molecule has 276 valence electrons. The zero-order valence-corrected chi connectivity index (χ0v) is 31.2. The van der Waals surface area contributed by atoms with E-state index in [1.54, 1.807) is 0 Å². The highest BCUT2D eigenvalue weighted by atomic mass is 16.6. The maximum absolute atomic E-state index is 12.6. The third-order valence-electron chi connectivity index (χ3n) is 8.10. The maximum atomic E-state index is 12.6. The number of hydrogen-bond acceptors (Lipinski definition) is 6. The molecular weight excluding hydrogens is 600 g/mol. The second-order valence-corrected chi connectivity index (χ2v) is 12.8. The molecule has 0 heterocycles. The summed E-state index contributed by atoms with van der Waals surface area (Å²) in [7, 11) is 0. The molecule has 1 atom stereocenters. The monoisotopic (exact) mass is 673 g/mol. The Balaban J connectivity index is 4.46. The van der Waals surface area contributed by atoms with Gasteiger partial charge in [-0.05, 0) is 64.2 Å². The van der Waals surface area contributed by atoms with Gasteiger partial charge in [-0.3, -0.25) is 14.4 Å². The minimum atomic E-state index is -0.789. The van der Waals surface area contributed by atoms with E-state index >= 15 is 0 Å². The van der Waals surface area contributed by atoms with E-state index in [1.165, 1.54) is 57.8 Å². The lowest BCUT2D eigenvalue weighted by molar-refractivity contribution is -0.167. The van der Waals surface area contributed by atoms with Crippen molar-refractivity contribution in [2.75, 3.05) is 13.2 Å². The van der Waals surface area contributed by atoms with Crippen LogP contribution in [0.5, 0.6) is 0 Å². The number of carbonyl (C=O) groups is 3. The van der Waals surface area contributed by atoms with Crippen molar-refractivity contribution in [1.82, 2.24) is 0 Å². The summed E-state index contributed by atoms with van der Waals surface area (Å²) in [4.78, 5) is 37.4. The van der Waals surface area contributed by atoms with Gasteiger partial charge in [-0.15, -0.1) is 0 Å². The predicted molar refractivity (Wildman–Crippen MR) is 201 cm³/mol. The molecule has 0 aliphatic carbocycles. The minimum absolute atomic E-state index is 0.0970. The third kappa shape index (κ3) is 34.7. The van der Waals surface area contributed by atoms with E-state index in [2.05, 4.69) is 69.4 Å². The molecule has 0 N–H and O–H groups in total. The van der Waals surface area contributed by atoms with Crippen LogP contribution >= 0.6 is 0 Å². The average molecular weight is 673 g/mol. The van der Waals surface area contributed by atoms with Crippen LogP contribution in [0.15, 0.2) is 48.6 Å². The first kappa shape index (κ1) is 45.4. The van der Waals surface area contributed by atoms with Gasteiger partial charge in [-0.2, -0.15) is 0 Å². The van der Waals surface area contributed by atoms with Crippen molar-refractivity contribution in [3.63, 3.8) is 0 Å². The molecule has 48 heavy (non-hydrogen) atoms. The lowest BCUT2D eigenvalue weighted by atomic mass is 10.1. The van der Waals surface area contributed by atoms with Gasteiger partial charge < -0.3 is 14.2 Å². The quantitative estimate of drug-likeness (QED) is 0.0222. The second kappa shape index (κ2) is 37.2. The van der Waals surface area contributed by atoms with Crippen LogP contribution in [0.25, 0.3) is 0 Å². The number of rotatable bonds is 34. The molecule has 6 nitrogen and oxygen atoms in total. The number of carbonyl (C=O) groups excluding carboxylic acids is 3. The van der Waals surface area contributed by atoms with Crippen molar-refractivity contribution in [2.24, 2.45) is 0 Å². The molecule has 0 aliphatic heterocycles. The largest absolute Gasteiger partial charge is 0.462 e. The van der Waals surface area contributed by atoms with Gasteiger partial charge in [0, 0.05) is 19.3 Å². The van der Waals surface area contributed by atoms with Gasteiger partial charge in [0.1, 0.15) is 13.2 Å².